The van der Waals surface area contributed by atoms with Crippen LogP contribution in [0.2, 0.25) is 0 Å². The number of nitrogens with two attached hydrogens (primary N) is 1. The van der Waals surface area contributed by atoms with Crippen molar-refractivity contribution in [3.05, 3.63) is 0 Å². The molecule has 1 aliphatic carbocycles. The molecule has 0 aromatic heterocycles. The number of esters is 1. The van der Waals surface area contributed by atoms with Crippen molar-refractivity contribution >= 4 is 11.9 Å². The van der Waals surface area contributed by atoms with Gasteiger partial charge in [0.25, 0.3) is 0 Å². The monoisotopic (exact) mass is 271 g/mol. The first-order valence-corrected chi connectivity index (χ1v) is 6.24. The van der Waals surface area contributed by atoms with E-state index in [0.717, 1.165) is 0 Å². The molecule has 0 amide bonds. The van der Waals surface area contributed by atoms with Crippen molar-refractivity contribution in [2.24, 2.45) is 22.6 Å². The topological polar surface area (TPSA) is 137 Å². The minimum absolute atomic E-state index is 0.107. The minimum atomic E-state index is -1.60. The predicted molar refractivity (Wildman–Crippen MR) is 62.7 cm³/mol. The van der Waals surface area contributed by atoms with Gasteiger partial charge in [0, 0.05) is 5.92 Å². The van der Waals surface area contributed by atoms with Gasteiger partial charge >= 0.3 is 5.97 Å². The van der Waals surface area contributed by atoms with Crippen molar-refractivity contribution in [3.63, 3.8) is 0 Å². The summed E-state index contributed by atoms with van der Waals surface area (Å²) >= 11 is 0. The van der Waals surface area contributed by atoms with Gasteiger partial charge < -0.3 is 31.1 Å². The third-order valence-corrected chi connectivity index (χ3v) is 4.50. The van der Waals surface area contributed by atoms with Gasteiger partial charge in [0.1, 0.15) is 17.7 Å². The third-order valence-electron chi connectivity index (χ3n) is 4.50. The van der Waals surface area contributed by atoms with Crippen LogP contribution in [0.15, 0.2) is 4.99 Å². The maximum absolute atomic E-state index is 11.8. The molecule has 3 rings (SSSR count). The number of guanidine groups is 1. The third kappa shape index (κ3) is 1.44. The lowest BCUT2D eigenvalue weighted by Gasteiger charge is -2.58. The predicted octanol–water partition coefficient (Wildman–Crippen LogP) is -2.74. The van der Waals surface area contributed by atoms with Crippen molar-refractivity contribution in [3.8, 4) is 0 Å². The summed E-state index contributed by atoms with van der Waals surface area (Å²) < 4.78 is 5.07. The number of nitrogens with zero attached hydrogens (tertiary/aromatic N) is 1. The maximum Gasteiger partial charge on any atom is 0.337 e. The lowest BCUT2D eigenvalue weighted by atomic mass is 9.61. The Labute approximate surface area is 109 Å². The van der Waals surface area contributed by atoms with E-state index in [0.29, 0.717) is 6.42 Å². The van der Waals surface area contributed by atoms with Gasteiger partial charge in [0.2, 0.25) is 0 Å². The zero-order chi connectivity index (χ0) is 13.9. The average Bonchev–Trinajstić information content (AvgIpc) is 2.33. The smallest absolute Gasteiger partial charge is 0.337 e. The average molecular weight is 271 g/mol. The highest BCUT2D eigenvalue weighted by Crippen LogP contribution is 2.47. The van der Waals surface area contributed by atoms with Crippen molar-refractivity contribution < 1.29 is 24.9 Å². The molecule has 1 saturated carbocycles. The van der Waals surface area contributed by atoms with E-state index in [9.17, 15) is 20.1 Å². The zero-order valence-corrected chi connectivity index (χ0v) is 10.4. The molecular weight excluding hydrogens is 254 g/mol. The Bertz CT molecular complexity index is 456. The van der Waals surface area contributed by atoms with E-state index < -0.39 is 42.0 Å². The van der Waals surface area contributed by atoms with Crippen LogP contribution in [-0.2, 0) is 9.53 Å². The molecular formula is C11H17N3O5. The maximum atomic E-state index is 11.8. The molecule has 106 valence electrons. The Kier molecular flexibility index (Phi) is 2.54. The van der Waals surface area contributed by atoms with E-state index in [2.05, 4.69) is 10.3 Å². The number of carbonyl (C=O) groups is 1. The first-order valence-electron chi connectivity index (χ1n) is 6.24. The number of hydrogen-bond donors (Lipinski definition) is 5. The summed E-state index contributed by atoms with van der Waals surface area (Å²) in [4.78, 5) is 15.6. The number of hydrogen-bond acceptors (Lipinski definition) is 8. The van der Waals surface area contributed by atoms with E-state index >= 15 is 0 Å². The van der Waals surface area contributed by atoms with Crippen LogP contribution >= 0.6 is 0 Å². The Morgan fingerprint density at radius 3 is 2.84 bits per heavy atom. The highest BCUT2D eigenvalue weighted by molar-refractivity contribution is 5.84. The largest absolute Gasteiger partial charge is 0.457 e. The SMILES string of the molecule is C[C@@H]1CC2[C@@H](O)N=C(N)N[C@]23[C@H](O)C(=O)OC1[C@H]3O. The van der Waals surface area contributed by atoms with E-state index in [1.54, 1.807) is 0 Å². The number of carbonyl (C=O) groups excluding carboxylic acids is 1. The van der Waals surface area contributed by atoms with Crippen molar-refractivity contribution in [2.75, 3.05) is 0 Å². The quantitative estimate of drug-likeness (QED) is 0.301. The lowest BCUT2D eigenvalue weighted by Crippen LogP contribution is -2.81. The number of aliphatic hydroxyl groups is 3. The highest BCUT2D eigenvalue weighted by Gasteiger charge is 2.67. The number of fused-ring (bicyclic) bond motifs is 1. The summed E-state index contributed by atoms with van der Waals surface area (Å²) in [6, 6.07) is 0. The molecule has 2 aliphatic heterocycles. The molecule has 7 atom stereocenters. The number of aliphatic imine (C=N–C) groups is 1. The molecule has 8 nitrogen and oxygen atoms in total. The number of aliphatic hydroxyl groups excluding tert-OH is 3. The molecule has 2 fully saturated rings. The van der Waals surface area contributed by atoms with Gasteiger partial charge in [-0.1, -0.05) is 6.92 Å². The van der Waals surface area contributed by atoms with Gasteiger partial charge in [-0.05, 0) is 12.3 Å². The second-order valence-corrected chi connectivity index (χ2v) is 5.55. The summed E-state index contributed by atoms with van der Waals surface area (Å²) in [7, 11) is 0. The van der Waals surface area contributed by atoms with Crippen molar-refractivity contribution in [2.45, 2.75) is 43.4 Å². The molecule has 2 heterocycles. The summed E-state index contributed by atoms with van der Waals surface area (Å²) in [5, 5.41) is 33.3. The number of ether oxygens (including phenoxy) is 1. The Morgan fingerprint density at radius 1 is 1.47 bits per heavy atom. The van der Waals surface area contributed by atoms with E-state index in [-0.39, 0.29) is 11.9 Å². The second kappa shape index (κ2) is 3.81. The Hall–Kier alpha value is -1.38. The number of nitrogens with one attached hydrogen (secondary N) is 1. The summed E-state index contributed by atoms with van der Waals surface area (Å²) in [6.45, 7) is 1.82. The molecule has 19 heavy (non-hydrogen) atoms. The van der Waals surface area contributed by atoms with Crippen LogP contribution < -0.4 is 11.1 Å². The van der Waals surface area contributed by atoms with Crippen LogP contribution in [0.25, 0.3) is 0 Å². The fraction of sp³-hybridized carbons (Fsp3) is 0.818. The molecule has 0 aromatic carbocycles. The van der Waals surface area contributed by atoms with Crippen molar-refractivity contribution in [1.82, 2.24) is 5.32 Å². The van der Waals surface area contributed by atoms with Gasteiger partial charge in [-0.25, -0.2) is 9.79 Å². The molecule has 1 spiro atoms. The Balaban J connectivity index is 2.13. The van der Waals surface area contributed by atoms with Gasteiger partial charge in [0.15, 0.2) is 18.3 Å². The molecule has 2 unspecified atom stereocenters. The molecule has 0 aromatic rings. The van der Waals surface area contributed by atoms with Crippen LogP contribution in [0.5, 0.6) is 0 Å². The fourth-order valence-corrected chi connectivity index (χ4v) is 3.56. The van der Waals surface area contributed by atoms with Crippen molar-refractivity contribution in [1.29, 1.82) is 0 Å². The second-order valence-electron chi connectivity index (χ2n) is 5.55. The van der Waals surface area contributed by atoms with E-state index in [1.165, 1.54) is 0 Å². The molecule has 8 heteroatoms. The van der Waals surface area contributed by atoms with Gasteiger partial charge in [-0.2, -0.15) is 0 Å². The fourth-order valence-electron chi connectivity index (χ4n) is 3.56. The zero-order valence-electron chi connectivity index (χ0n) is 10.4. The molecule has 2 bridgehead atoms. The van der Waals surface area contributed by atoms with Gasteiger partial charge in [-0.3, -0.25) is 0 Å². The van der Waals surface area contributed by atoms with Gasteiger partial charge in [0.05, 0.1) is 0 Å². The highest BCUT2D eigenvalue weighted by atomic mass is 16.6. The molecule has 6 N–H and O–H groups in total. The summed E-state index contributed by atoms with van der Waals surface area (Å²) in [6.07, 6.45) is -4.19. The van der Waals surface area contributed by atoms with Crippen LogP contribution in [0.4, 0.5) is 0 Å². The summed E-state index contributed by atoms with van der Waals surface area (Å²) in [5.41, 5.74) is 4.14. The molecule has 1 saturated heterocycles. The normalized spacial score (nSPS) is 52.6. The standard InChI is InChI=1S/C11H17N3O5/c1-3-2-4-8(17)13-10(12)14-11(4)6(15)5(3)19-9(18)7(11)16/h3-8,15-17H,2H2,1H3,(H3,12,13,14)/t3-,4?,5?,6-,7-,8-,11-/m1/s1. The van der Waals surface area contributed by atoms with Crippen LogP contribution in [-0.4, -0.2) is 57.3 Å². The van der Waals surface area contributed by atoms with E-state index in [4.69, 9.17) is 10.5 Å². The van der Waals surface area contributed by atoms with Gasteiger partial charge in [-0.15, -0.1) is 0 Å². The van der Waals surface area contributed by atoms with Crippen LogP contribution in [0.1, 0.15) is 13.3 Å². The number of rotatable bonds is 0. The first-order chi connectivity index (χ1) is 8.87. The van der Waals surface area contributed by atoms with Crippen LogP contribution in [0.3, 0.4) is 0 Å². The van der Waals surface area contributed by atoms with Crippen LogP contribution in [0, 0.1) is 11.8 Å². The molecule has 0 radical (unpaired) electrons. The molecule has 3 aliphatic rings. The first kappa shape index (κ1) is 12.6. The van der Waals surface area contributed by atoms with E-state index in [1.807, 2.05) is 6.92 Å². The minimum Gasteiger partial charge on any atom is -0.457 e. The lowest BCUT2D eigenvalue weighted by molar-refractivity contribution is -0.235. The summed E-state index contributed by atoms with van der Waals surface area (Å²) in [5.74, 6) is -1.68. The Morgan fingerprint density at radius 2 is 2.16 bits per heavy atom.